The molecule has 0 spiro atoms. The van der Waals surface area contributed by atoms with Gasteiger partial charge in [-0.05, 0) is 83.8 Å². The first-order chi connectivity index (χ1) is 9.61. The molecule has 0 heterocycles. The van der Waals surface area contributed by atoms with Crippen LogP contribution >= 0.6 is 22.6 Å². The van der Waals surface area contributed by atoms with Crippen molar-refractivity contribution < 1.29 is 0 Å². The molecule has 0 aromatic heterocycles. The zero-order chi connectivity index (χ0) is 14.5. The highest BCUT2D eigenvalue weighted by Crippen LogP contribution is 2.39. The molecule has 1 fully saturated rings. The van der Waals surface area contributed by atoms with Crippen molar-refractivity contribution in [3.05, 3.63) is 33.4 Å². The Labute approximate surface area is 138 Å². The van der Waals surface area contributed by atoms with Crippen molar-refractivity contribution in [2.45, 2.75) is 52.5 Å². The number of rotatable bonds is 5. The van der Waals surface area contributed by atoms with Crippen LogP contribution in [0.3, 0.4) is 0 Å². The minimum absolute atomic E-state index is 0.543. The summed E-state index contributed by atoms with van der Waals surface area (Å²) in [6, 6.07) is 9.66. The molecule has 0 bridgehead atoms. The van der Waals surface area contributed by atoms with Crippen molar-refractivity contribution in [1.29, 1.82) is 0 Å². The Hall–Kier alpha value is -0.0900. The third kappa shape index (κ3) is 4.20. The number of halogens is 1. The van der Waals surface area contributed by atoms with Crippen molar-refractivity contribution in [2.24, 2.45) is 17.8 Å². The summed E-state index contributed by atoms with van der Waals surface area (Å²) in [6.45, 7) is 8.22. The van der Waals surface area contributed by atoms with E-state index >= 15 is 0 Å². The van der Waals surface area contributed by atoms with Gasteiger partial charge < -0.3 is 5.32 Å². The lowest BCUT2D eigenvalue weighted by atomic mass is 9.72. The summed E-state index contributed by atoms with van der Waals surface area (Å²) >= 11 is 2.39. The second-order valence-electron chi connectivity index (χ2n) is 6.51. The van der Waals surface area contributed by atoms with E-state index in [9.17, 15) is 0 Å². The van der Waals surface area contributed by atoms with E-state index < -0.39 is 0 Å². The van der Waals surface area contributed by atoms with Gasteiger partial charge in [0.2, 0.25) is 0 Å². The summed E-state index contributed by atoms with van der Waals surface area (Å²) in [7, 11) is 0. The molecule has 112 valence electrons. The summed E-state index contributed by atoms with van der Waals surface area (Å²) in [5.74, 6) is 2.56. The van der Waals surface area contributed by atoms with E-state index in [0.29, 0.717) is 6.04 Å². The molecule has 1 aromatic carbocycles. The van der Waals surface area contributed by atoms with Gasteiger partial charge in [0.25, 0.3) is 0 Å². The zero-order valence-electron chi connectivity index (χ0n) is 13.0. The van der Waals surface area contributed by atoms with E-state index in [1.54, 1.807) is 0 Å². The van der Waals surface area contributed by atoms with Crippen LogP contribution in [-0.4, -0.2) is 6.54 Å². The fourth-order valence-corrected chi connectivity index (χ4v) is 3.78. The van der Waals surface area contributed by atoms with Gasteiger partial charge in [-0.1, -0.05) is 39.3 Å². The van der Waals surface area contributed by atoms with Crippen molar-refractivity contribution >= 4 is 22.6 Å². The Morgan fingerprint density at radius 2 is 1.85 bits per heavy atom. The number of hydrogen-bond donors (Lipinski definition) is 1. The van der Waals surface area contributed by atoms with Crippen LogP contribution in [0.5, 0.6) is 0 Å². The topological polar surface area (TPSA) is 12.0 Å². The quantitative estimate of drug-likeness (QED) is 0.669. The first-order valence-electron chi connectivity index (χ1n) is 8.10. The average molecular weight is 385 g/mol. The van der Waals surface area contributed by atoms with Crippen LogP contribution in [0.4, 0.5) is 0 Å². The van der Waals surface area contributed by atoms with Crippen LogP contribution in [0, 0.1) is 21.3 Å². The fourth-order valence-electron chi connectivity index (χ4n) is 3.42. The Kier molecular flexibility index (Phi) is 6.34. The van der Waals surface area contributed by atoms with Gasteiger partial charge in [-0.25, -0.2) is 0 Å². The Morgan fingerprint density at radius 1 is 1.15 bits per heavy atom. The molecule has 1 aromatic rings. The summed E-state index contributed by atoms with van der Waals surface area (Å²) < 4.78 is 1.33. The van der Waals surface area contributed by atoms with Crippen LogP contribution in [0.2, 0.25) is 0 Å². The van der Waals surface area contributed by atoms with Gasteiger partial charge >= 0.3 is 0 Å². The van der Waals surface area contributed by atoms with Gasteiger partial charge in [0.1, 0.15) is 0 Å². The lowest BCUT2D eigenvalue weighted by molar-refractivity contribution is 0.171. The lowest BCUT2D eigenvalue weighted by Crippen LogP contribution is -2.33. The standard InChI is InChI=1S/C18H28IN/c1-4-11-20-18(15-7-9-17(19)10-8-15)16-6-5-13(2)14(3)12-16/h7-10,13-14,16,18,20H,4-6,11-12H2,1-3H3. The molecule has 2 rings (SSSR count). The summed E-state index contributed by atoms with van der Waals surface area (Å²) in [5.41, 5.74) is 1.48. The number of hydrogen-bond acceptors (Lipinski definition) is 1. The average Bonchev–Trinajstić information content (AvgIpc) is 2.45. The molecular formula is C18H28IN. The Bertz CT molecular complexity index is 400. The third-order valence-corrected chi connectivity index (χ3v) is 5.67. The first-order valence-corrected chi connectivity index (χ1v) is 9.18. The smallest absolute Gasteiger partial charge is 0.0348 e. The SMILES string of the molecule is CCCNC(c1ccc(I)cc1)C1CCC(C)C(C)C1. The van der Waals surface area contributed by atoms with Gasteiger partial charge in [0.15, 0.2) is 0 Å². The van der Waals surface area contributed by atoms with Gasteiger partial charge in [-0.3, -0.25) is 0 Å². The zero-order valence-corrected chi connectivity index (χ0v) is 15.2. The van der Waals surface area contributed by atoms with Crippen molar-refractivity contribution in [2.75, 3.05) is 6.54 Å². The highest BCUT2D eigenvalue weighted by atomic mass is 127. The molecule has 0 radical (unpaired) electrons. The summed E-state index contributed by atoms with van der Waals surface area (Å²) in [4.78, 5) is 0. The second kappa shape index (κ2) is 7.79. The van der Waals surface area contributed by atoms with Crippen LogP contribution in [0.25, 0.3) is 0 Å². The van der Waals surface area contributed by atoms with Gasteiger partial charge in [0.05, 0.1) is 0 Å². The Morgan fingerprint density at radius 3 is 2.45 bits per heavy atom. The molecule has 4 unspecified atom stereocenters. The number of benzene rings is 1. The minimum Gasteiger partial charge on any atom is -0.310 e. The van der Waals surface area contributed by atoms with E-state index in [2.05, 4.69) is 72.9 Å². The number of nitrogens with one attached hydrogen (secondary N) is 1. The second-order valence-corrected chi connectivity index (χ2v) is 7.76. The van der Waals surface area contributed by atoms with Gasteiger partial charge in [0, 0.05) is 9.61 Å². The van der Waals surface area contributed by atoms with Crippen molar-refractivity contribution in [3.8, 4) is 0 Å². The van der Waals surface area contributed by atoms with Crippen LogP contribution in [0.1, 0.15) is 58.1 Å². The minimum atomic E-state index is 0.543. The molecule has 0 aliphatic heterocycles. The molecule has 2 heteroatoms. The van der Waals surface area contributed by atoms with Gasteiger partial charge in [-0.2, -0.15) is 0 Å². The normalized spacial score (nSPS) is 28.3. The van der Waals surface area contributed by atoms with Crippen LogP contribution in [-0.2, 0) is 0 Å². The predicted molar refractivity (Wildman–Crippen MR) is 95.9 cm³/mol. The molecule has 1 aliphatic rings. The molecule has 1 aliphatic carbocycles. The predicted octanol–water partition coefficient (Wildman–Crippen LogP) is 5.40. The molecular weight excluding hydrogens is 357 g/mol. The Balaban J connectivity index is 2.12. The molecule has 0 amide bonds. The van der Waals surface area contributed by atoms with Crippen molar-refractivity contribution in [1.82, 2.24) is 5.32 Å². The molecule has 20 heavy (non-hydrogen) atoms. The summed E-state index contributed by atoms with van der Waals surface area (Å²) in [5, 5.41) is 3.81. The largest absolute Gasteiger partial charge is 0.310 e. The first kappa shape index (κ1) is 16.3. The van der Waals surface area contributed by atoms with E-state index in [0.717, 1.165) is 24.3 Å². The van der Waals surface area contributed by atoms with Gasteiger partial charge in [-0.15, -0.1) is 0 Å². The molecule has 1 nitrogen and oxygen atoms in total. The molecule has 4 atom stereocenters. The van der Waals surface area contributed by atoms with E-state index in [-0.39, 0.29) is 0 Å². The highest BCUT2D eigenvalue weighted by Gasteiger charge is 2.30. The lowest BCUT2D eigenvalue weighted by Gasteiger charge is -2.37. The maximum absolute atomic E-state index is 3.81. The maximum atomic E-state index is 3.81. The fraction of sp³-hybridized carbons (Fsp3) is 0.667. The molecule has 1 saturated carbocycles. The van der Waals surface area contributed by atoms with E-state index in [1.165, 1.54) is 34.8 Å². The molecule has 0 saturated heterocycles. The highest BCUT2D eigenvalue weighted by molar-refractivity contribution is 14.1. The van der Waals surface area contributed by atoms with E-state index in [1.807, 2.05) is 0 Å². The van der Waals surface area contributed by atoms with Crippen molar-refractivity contribution in [3.63, 3.8) is 0 Å². The monoisotopic (exact) mass is 385 g/mol. The van der Waals surface area contributed by atoms with Crippen LogP contribution < -0.4 is 5.32 Å². The van der Waals surface area contributed by atoms with E-state index in [4.69, 9.17) is 0 Å². The molecule has 1 N–H and O–H groups in total. The summed E-state index contributed by atoms with van der Waals surface area (Å²) in [6.07, 6.45) is 5.34. The maximum Gasteiger partial charge on any atom is 0.0348 e. The third-order valence-electron chi connectivity index (χ3n) is 4.95. The van der Waals surface area contributed by atoms with Crippen LogP contribution in [0.15, 0.2) is 24.3 Å².